The number of amides is 2. The number of aliphatic hydroxyl groups excluding tert-OH is 1. The van der Waals surface area contributed by atoms with E-state index in [4.69, 9.17) is 4.74 Å². The number of nitrogens with one attached hydrogen (secondary N) is 2. The third-order valence-electron chi connectivity index (χ3n) is 3.56. The molecule has 0 radical (unpaired) electrons. The Hall–Kier alpha value is -2.22. The first-order valence-electron chi connectivity index (χ1n) is 7.91. The molecule has 140 valence electrons. The molecule has 0 fully saturated rings. The number of hydrogen-bond acceptors (Lipinski definition) is 4. The van der Waals surface area contributed by atoms with Gasteiger partial charge in [-0.2, -0.15) is 0 Å². The molecule has 1 rings (SSSR count). The first-order chi connectivity index (χ1) is 11.6. The van der Waals surface area contributed by atoms with Crippen molar-refractivity contribution in [2.24, 2.45) is 5.92 Å². The molecule has 0 aliphatic rings. The largest absolute Gasteiger partial charge is 0.445 e. The highest BCUT2D eigenvalue weighted by Crippen LogP contribution is 2.24. The van der Waals surface area contributed by atoms with E-state index >= 15 is 0 Å². The minimum Gasteiger partial charge on any atom is -0.445 e. The van der Waals surface area contributed by atoms with Crippen LogP contribution in [0, 0.1) is 5.92 Å². The number of hydrogen-bond donors (Lipinski definition) is 3. The molecule has 2 unspecified atom stereocenters. The number of carbonyl (C=O) groups excluding carboxylic acids is 2. The Morgan fingerprint density at radius 2 is 1.84 bits per heavy atom. The second-order valence-electron chi connectivity index (χ2n) is 6.09. The van der Waals surface area contributed by atoms with Gasteiger partial charge >= 0.3 is 6.09 Å². The van der Waals surface area contributed by atoms with Gasteiger partial charge in [0.25, 0.3) is 5.92 Å². The SMILES string of the molecule is CC(=O)NCC(F)(F)C(O)C(NC(=O)OCc1ccccc1)C(C)C. The summed E-state index contributed by atoms with van der Waals surface area (Å²) < 4.78 is 33.1. The van der Waals surface area contributed by atoms with Crippen LogP contribution in [0.25, 0.3) is 0 Å². The molecule has 0 saturated heterocycles. The van der Waals surface area contributed by atoms with Gasteiger partial charge in [-0.25, -0.2) is 13.6 Å². The van der Waals surface area contributed by atoms with Crippen molar-refractivity contribution in [3.63, 3.8) is 0 Å². The molecule has 0 bridgehead atoms. The molecule has 0 aliphatic carbocycles. The Bertz CT molecular complexity index is 567. The summed E-state index contributed by atoms with van der Waals surface area (Å²) in [5, 5.41) is 14.2. The Kier molecular flexibility index (Phi) is 7.76. The van der Waals surface area contributed by atoms with Crippen LogP contribution in [0.2, 0.25) is 0 Å². The second-order valence-corrected chi connectivity index (χ2v) is 6.09. The van der Waals surface area contributed by atoms with Gasteiger partial charge in [-0.15, -0.1) is 0 Å². The summed E-state index contributed by atoms with van der Waals surface area (Å²) in [6.45, 7) is 3.23. The van der Waals surface area contributed by atoms with Crippen LogP contribution in [0.5, 0.6) is 0 Å². The van der Waals surface area contributed by atoms with Gasteiger partial charge in [-0.3, -0.25) is 4.79 Å². The molecule has 0 aliphatic heterocycles. The van der Waals surface area contributed by atoms with Crippen molar-refractivity contribution in [1.29, 1.82) is 0 Å². The molecule has 25 heavy (non-hydrogen) atoms. The standard InChI is InChI=1S/C17H24F2N2O4/c1-11(2)14(15(23)17(18,19)10-20-12(3)22)21-16(24)25-9-13-7-5-4-6-8-13/h4-8,11,14-15,23H,9-10H2,1-3H3,(H,20,22)(H,21,24). The van der Waals surface area contributed by atoms with Gasteiger partial charge in [0.15, 0.2) is 0 Å². The Morgan fingerprint density at radius 1 is 1.24 bits per heavy atom. The molecule has 8 heteroatoms. The van der Waals surface area contributed by atoms with Gasteiger partial charge in [0.05, 0.1) is 12.6 Å². The van der Waals surface area contributed by atoms with E-state index in [0.29, 0.717) is 0 Å². The lowest BCUT2D eigenvalue weighted by atomic mass is 9.94. The Labute approximate surface area is 145 Å². The summed E-state index contributed by atoms with van der Waals surface area (Å²) in [6.07, 6.45) is -3.08. The summed E-state index contributed by atoms with van der Waals surface area (Å²) in [4.78, 5) is 22.7. The fraction of sp³-hybridized carbons (Fsp3) is 0.529. The minimum atomic E-state index is -3.60. The van der Waals surface area contributed by atoms with Gasteiger partial charge < -0.3 is 20.5 Å². The molecule has 6 nitrogen and oxygen atoms in total. The molecule has 1 aromatic carbocycles. The van der Waals surface area contributed by atoms with Crippen LogP contribution in [0.3, 0.4) is 0 Å². The zero-order chi connectivity index (χ0) is 19.0. The van der Waals surface area contributed by atoms with Gasteiger partial charge in [0, 0.05) is 6.92 Å². The van der Waals surface area contributed by atoms with Crippen molar-refractivity contribution in [2.45, 2.75) is 45.4 Å². The fourth-order valence-corrected chi connectivity index (χ4v) is 2.12. The number of alkyl carbamates (subject to hydrolysis) is 1. The molecular formula is C17H24F2N2O4. The van der Waals surface area contributed by atoms with Gasteiger partial charge in [-0.05, 0) is 11.5 Å². The zero-order valence-electron chi connectivity index (χ0n) is 14.5. The average Bonchev–Trinajstić information content (AvgIpc) is 2.56. The average molecular weight is 358 g/mol. The van der Waals surface area contributed by atoms with Crippen LogP contribution < -0.4 is 10.6 Å². The highest BCUT2D eigenvalue weighted by molar-refractivity contribution is 5.72. The van der Waals surface area contributed by atoms with Crippen molar-refractivity contribution in [3.05, 3.63) is 35.9 Å². The molecular weight excluding hydrogens is 334 g/mol. The van der Waals surface area contributed by atoms with Crippen LogP contribution >= 0.6 is 0 Å². The maximum atomic E-state index is 14.0. The normalized spacial score (nSPS) is 13.9. The molecule has 2 atom stereocenters. The Morgan fingerprint density at radius 3 is 2.36 bits per heavy atom. The molecule has 3 N–H and O–H groups in total. The van der Waals surface area contributed by atoms with Crippen molar-refractivity contribution in [3.8, 4) is 0 Å². The smallest absolute Gasteiger partial charge is 0.407 e. The van der Waals surface area contributed by atoms with Gasteiger partial charge in [-0.1, -0.05) is 44.2 Å². The van der Waals surface area contributed by atoms with E-state index in [1.54, 1.807) is 38.1 Å². The zero-order valence-corrected chi connectivity index (χ0v) is 14.5. The number of benzene rings is 1. The number of halogens is 2. The maximum absolute atomic E-state index is 14.0. The molecule has 0 saturated carbocycles. The lowest BCUT2D eigenvalue weighted by Crippen LogP contribution is -2.57. The van der Waals surface area contributed by atoms with Crippen LogP contribution in [0.4, 0.5) is 13.6 Å². The lowest BCUT2D eigenvalue weighted by molar-refractivity contribution is -0.134. The molecule has 2 amide bonds. The highest BCUT2D eigenvalue weighted by Gasteiger charge is 2.45. The predicted molar refractivity (Wildman–Crippen MR) is 88.0 cm³/mol. The maximum Gasteiger partial charge on any atom is 0.407 e. The van der Waals surface area contributed by atoms with E-state index in [-0.39, 0.29) is 6.61 Å². The predicted octanol–water partition coefficient (Wildman–Crippen LogP) is 2.07. The monoisotopic (exact) mass is 358 g/mol. The third kappa shape index (κ3) is 7.04. The number of aliphatic hydroxyl groups is 1. The lowest BCUT2D eigenvalue weighted by Gasteiger charge is -2.32. The van der Waals surface area contributed by atoms with Gasteiger partial charge in [0.1, 0.15) is 12.7 Å². The van der Waals surface area contributed by atoms with Gasteiger partial charge in [0.2, 0.25) is 5.91 Å². The van der Waals surface area contributed by atoms with Crippen molar-refractivity contribution in [1.82, 2.24) is 10.6 Å². The van der Waals surface area contributed by atoms with Crippen LogP contribution in [-0.2, 0) is 16.1 Å². The van der Waals surface area contributed by atoms with E-state index < -0.39 is 42.5 Å². The molecule has 0 heterocycles. The van der Waals surface area contributed by atoms with Crippen LogP contribution in [-0.4, -0.2) is 41.7 Å². The van der Waals surface area contributed by atoms with Crippen LogP contribution in [0.1, 0.15) is 26.3 Å². The number of ether oxygens (including phenoxy) is 1. The first-order valence-corrected chi connectivity index (χ1v) is 7.91. The summed E-state index contributed by atoms with van der Waals surface area (Å²) in [6, 6.07) is 7.63. The van der Waals surface area contributed by atoms with E-state index in [2.05, 4.69) is 5.32 Å². The van der Waals surface area contributed by atoms with E-state index in [1.165, 1.54) is 0 Å². The van der Waals surface area contributed by atoms with Crippen molar-refractivity contribution < 1.29 is 28.2 Å². The number of alkyl halides is 2. The summed E-state index contributed by atoms with van der Waals surface area (Å²) >= 11 is 0. The quantitative estimate of drug-likeness (QED) is 0.664. The fourth-order valence-electron chi connectivity index (χ4n) is 2.12. The molecule has 0 spiro atoms. The van der Waals surface area contributed by atoms with E-state index in [0.717, 1.165) is 12.5 Å². The second kappa shape index (κ2) is 9.31. The summed E-state index contributed by atoms with van der Waals surface area (Å²) in [7, 11) is 0. The highest BCUT2D eigenvalue weighted by atomic mass is 19.3. The Balaban J connectivity index is 2.65. The van der Waals surface area contributed by atoms with E-state index in [9.17, 15) is 23.5 Å². The minimum absolute atomic E-state index is 0.0180. The summed E-state index contributed by atoms with van der Waals surface area (Å²) in [5.74, 6) is -4.72. The topological polar surface area (TPSA) is 87.7 Å². The number of rotatable bonds is 8. The van der Waals surface area contributed by atoms with E-state index in [1.807, 2.05) is 11.4 Å². The molecule has 1 aromatic rings. The molecule has 0 aromatic heterocycles. The van der Waals surface area contributed by atoms with Crippen molar-refractivity contribution >= 4 is 12.0 Å². The van der Waals surface area contributed by atoms with Crippen molar-refractivity contribution in [2.75, 3.05) is 6.54 Å². The third-order valence-corrected chi connectivity index (χ3v) is 3.56. The first kappa shape index (κ1) is 20.8. The summed E-state index contributed by atoms with van der Waals surface area (Å²) in [5.41, 5.74) is 0.746. The van der Waals surface area contributed by atoms with Crippen LogP contribution in [0.15, 0.2) is 30.3 Å². The number of carbonyl (C=O) groups is 2.